The van der Waals surface area contributed by atoms with Gasteiger partial charge in [-0.1, -0.05) is 60.7 Å². The van der Waals surface area contributed by atoms with Crippen LogP contribution in [0.5, 0.6) is 5.75 Å². The molecule has 3 aromatic rings. The molecule has 1 atom stereocenters. The van der Waals surface area contributed by atoms with Gasteiger partial charge >= 0.3 is 0 Å². The molecule has 5 nitrogen and oxygen atoms in total. The predicted molar refractivity (Wildman–Crippen MR) is 126 cm³/mol. The number of rotatable bonds is 10. The van der Waals surface area contributed by atoms with Crippen molar-refractivity contribution in [2.75, 3.05) is 13.7 Å². The van der Waals surface area contributed by atoms with Crippen molar-refractivity contribution in [3.63, 3.8) is 0 Å². The smallest absolute Gasteiger partial charge is 0.243 e. The van der Waals surface area contributed by atoms with Gasteiger partial charge in [-0.2, -0.15) is 0 Å². The van der Waals surface area contributed by atoms with Crippen molar-refractivity contribution < 1.29 is 18.7 Å². The Kier molecular flexibility index (Phi) is 8.58. The van der Waals surface area contributed by atoms with Gasteiger partial charge in [0.1, 0.15) is 17.6 Å². The fourth-order valence-corrected chi connectivity index (χ4v) is 3.72. The van der Waals surface area contributed by atoms with E-state index in [1.807, 2.05) is 61.5 Å². The Bertz CT molecular complexity index is 1070. The lowest BCUT2D eigenvalue weighted by Gasteiger charge is -2.31. The van der Waals surface area contributed by atoms with Crippen molar-refractivity contribution in [2.24, 2.45) is 0 Å². The number of halogens is 1. The van der Waals surface area contributed by atoms with E-state index in [0.717, 1.165) is 11.1 Å². The number of ether oxygens (including phenoxy) is 1. The molecule has 0 aliphatic carbocycles. The summed E-state index contributed by atoms with van der Waals surface area (Å²) in [5, 5.41) is 2.85. The molecule has 1 N–H and O–H groups in total. The van der Waals surface area contributed by atoms with Gasteiger partial charge in [-0.25, -0.2) is 4.39 Å². The third kappa shape index (κ3) is 6.65. The van der Waals surface area contributed by atoms with Crippen LogP contribution in [0.4, 0.5) is 4.39 Å². The monoisotopic (exact) mass is 448 g/mol. The topological polar surface area (TPSA) is 58.6 Å². The highest BCUT2D eigenvalue weighted by atomic mass is 19.1. The van der Waals surface area contributed by atoms with Gasteiger partial charge in [0.25, 0.3) is 0 Å². The maximum Gasteiger partial charge on any atom is 0.243 e. The Morgan fingerprint density at radius 3 is 2.36 bits per heavy atom. The first-order chi connectivity index (χ1) is 16.0. The van der Waals surface area contributed by atoms with E-state index in [2.05, 4.69) is 5.32 Å². The zero-order valence-electron chi connectivity index (χ0n) is 19.0. The van der Waals surface area contributed by atoms with Crippen LogP contribution in [0, 0.1) is 5.82 Å². The highest BCUT2D eigenvalue weighted by Crippen LogP contribution is 2.20. The van der Waals surface area contributed by atoms with Gasteiger partial charge < -0.3 is 15.0 Å². The summed E-state index contributed by atoms with van der Waals surface area (Å²) in [6.45, 7) is 2.47. The van der Waals surface area contributed by atoms with E-state index in [-0.39, 0.29) is 24.8 Å². The fraction of sp³-hybridized carbons (Fsp3) is 0.259. The average molecular weight is 449 g/mol. The summed E-state index contributed by atoms with van der Waals surface area (Å²) in [4.78, 5) is 28.2. The Balaban J connectivity index is 1.97. The van der Waals surface area contributed by atoms with Crippen molar-refractivity contribution in [3.8, 4) is 5.75 Å². The van der Waals surface area contributed by atoms with Crippen molar-refractivity contribution in [1.82, 2.24) is 10.2 Å². The van der Waals surface area contributed by atoms with E-state index in [1.165, 1.54) is 6.07 Å². The molecule has 0 heterocycles. The Morgan fingerprint density at radius 2 is 1.67 bits per heavy atom. The predicted octanol–water partition coefficient (Wildman–Crippen LogP) is 4.15. The summed E-state index contributed by atoms with van der Waals surface area (Å²) >= 11 is 0. The second kappa shape index (κ2) is 11.8. The number of methoxy groups -OCH3 is 1. The van der Waals surface area contributed by atoms with Crippen LogP contribution in [0.15, 0.2) is 78.9 Å². The van der Waals surface area contributed by atoms with Gasteiger partial charge in [0.05, 0.1) is 13.5 Å². The number of likely N-dealkylation sites (N-methyl/N-ethyl adjacent to an activating group) is 1. The standard InChI is InChI=1S/C27H29FN2O3/c1-3-29-27(32)25(17-20-10-5-4-6-11-20)30(19-21-12-9-14-23(16-21)33-2)26(31)18-22-13-7-8-15-24(22)28/h4-16,25H,3,17-19H2,1-2H3,(H,29,32). The van der Waals surface area contributed by atoms with Crippen LogP contribution in [0.2, 0.25) is 0 Å². The Morgan fingerprint density at radius 1 is 0.970 bits per heavy atom. The molecule has 2 amide bonds. The van der Waals surface area contributed by atoms with E-state index in [1.54, 1.807) is 30.2 Å². The van der Waals surface area contributed by atoms with E-state index in [4.69, 9.17) is 4.74 Å². The molecule has 0 aromatic heterocycles. The molecular weight excluding hydrogens is 419 g/mol. The zero-order chi connectivity index (χ0) is 23.6. The van der Waals surface area contributed by atoms with Crippen LogP contribution in [0.25, 0.3) is 0 Å². The van der Waals surface area contributed by atoms with Crippen molar-refractivity contribution in [2.45, 2.75) is 32.4 Å². The summed E-state index contributed by atoms with van der Waals surface area (Å²) in [6.07, 6.45) is 0.209. The summed E-state index contributed by atoms with van der Waals surface area (Å²) in [5.41, 5.74) is 2.05. The normalized spacial score (nSPS) is 11.5. The largest absolute Gasteiger partial charge is 0.497 e. The van der Waals surface area contributed by atoms with Crippen LogP contribution in [0.1, 0.15) is 23.6 Å². The molecule has 0 saturated carbocycles. The number of amides is 2. The molecule has 0 saturated heterocycles. The average Bonchev–Trinajstić information content (AvgIpc) is 2.83. The van der Waals surface area contributed by atoms with Gasteiger partial charge in [-0.3, -0.25) is 9.59 Å². The van der Waals surface area contributed by atoms with Crippen molar-refractivity contribution in [1.29, 1.82) is 0 Å². The van der Waals surface area contributed by atoms with E-state index < -0.39 is 11.9 Å². The minimum Gasteiger partial charge on any atom is -0.497 e. The third-order valence-electron chi connectivity index (χ3n) is 5.41. The Labute approximate surface area is 194 Å². The summed E-state index contributed by atoms with van der Waals surface area (Å²) in [7, 11) is 1.58. The number of hydrogen-bond donors (Lipinski definition) is 1. The van der Waals surface area contributed by atoms with E-state index >= 15 is 0 Å². The zero-order valence-corrected chi connectivity index (χ0v) is 19.0. The molecular formula is C27H29FN2O3. The Hall–Kier alpha value is -3.67. The van der Waals surface area contributed by atoms with Crippen LogP contribution in [-0.4, -0.2) is 36.4 Å². The van der Waals surface area contributed by atoms with Crippen LogP contribution < -0.4 is 10.1 Å². The SMILES string of the molecule is CCNC(=O)C(Cc1ccccc1)N(Cc1cccc(OC)c1)C(=O)Cc1ccccc1F. The van der Waals surface area contributed by atoms with Gasteiger partial charge in [0, 0.05) is 19.5 Å². The minimum atomic E-state index is -0.752. The molecule has 0 aliphatic rings. The molecule has 0 radical (unpaired) electrons. The minimum absolute atomic E-state index is 0.138. The van der Waals surface area contributed by atoms with Crippen LogP contribution >= 0.6 is 0 Å². The van der Waals surface area contributed by atoms with Crippen molar-refractivity contribution >= 4 is 11.8 Å². The number of carbonyl (C=O) groups excluding carboxylic acids is 2. The van der Waals surface area contributed by atoms with Crippen LogP contribution in [0.3, 0.4) is 0 Å². The van der Waals surface area contributed by atoms with Crippen LogP contribution in [-0.2, 0) is 29.0 Å². The number of hydrogen-bond acceptors (Lipinski definition) is 3. The molecule has 0 spiro atoms. The molecule has 0 fully saturated rings. The van der Waals surface area contributed by atoms with Gasteiger partial charge in [0.2, 0.25) is 11.8 Å². The molecule has 172 valence electrons. The highest BCUT2D eigenvalue weighted by molar-refractivity contribution is 5.88. The maximum atomic E-state index is 14.3. The molecule has 6 heteroatoms. The number of carbonyl (C=O) groups is 2. The van der Waals surface area contributed by atoms with Crippen molar-refractivity contribution in [3.05, 3.63) is 101 Å². The van der Waals surface area contributed by atoms with E-state index in [9.17, 15) is 14.0 Å². The molecule has 0 aliphatic heterocycles. The molecule has 0 bridgehead atoms. The summed E-state index contributed by atoms with van der Waals surface area (Å²) < 4.78 is 19.6. The fourth-order valence-electron chi connectivity index (χ4n) is 3.72. The lowest BCUT2D eigenvalue weighted by molar-refractivity contribution is -0.140. The maximum absolute atomic E-state index is 14.3. The second-order valence-corrected chi connectivity index (χ2v) is 7.74. The quantitative estimate of drug-likeness (QED) is 0.507. The van der Waals surface area contributed by atoms with Gasteiger partial charge in [-0.15, -0.1) is 0 Å². The number of nitrogens with zero attached hydrogens (tertiary/aromatic N) is 1. The molecule has 1 unspecified atom stereocenters. The lowest BCUT2D eigenvalue weighted by Crippen LogP contribution is -2.51. The number of benzene rings is 3. The second-order valence-electron chi connectivity index (χ2n) is 7.74. The number of nitrogens with one attached hydrogen (secondary N) is 1. The molecule has 33 heavy (non-hydrogen) atoms. The molecule has 3 aromatic carbocycles. The first-order valence-corrected chi connectivity index (χ1v) is 11.0. The van der Waals surface area contributed by atoms with Gasteiger partial charge in [0.15, 0.2) is 0 Å². The first-order valence-electron chi connectivity index (χ1n) is 11.0. The lowest BCUT2D eigenvalue weighted by atomic mass is 10.0. The highest BCUT2D eigenvalue weighted by Gasteiger charge is 2.30. The third-order valence-corrected chi connectivity index (χ3v) is 5.41. The van der Waals surface area contributed by atoms with Gasteiger partial charge in [-0.05, 0) is 41.8 Å². The first kappa shape index (κ1) is 24.0. The summed E-state index contributed by atoms with van der Waals surface area (Å²) in [5.74, 6) is -0.349. The van der Waals surface area contributed by atoms with E-state index in [0.29, 0.717) is 24.3 Å². The molecule has 3 rings (SSSR count). The summed E-state index contributed by atoms with van der Waals surface area (Å²) in [6, 6.07) is 22.4.